The van der Waals surface area contributed by atoms with E-state index in [2.05, 4.69) is 0 Å². The molecular formula is C8H9O2Sn. The molecule has 11 heavy (non-hydrogen) atoms. The summed E-state index contributed by atoms with van der Waals surface area (Å²) >= 11 is 1.34. The number of hydrogen-bond donors (Lipinski definition) is 0. The average Bonchev–Trinajstić information content (AvgIpc) is 2.04. The van der Waals surface area contributed by atoms with Crippen LogP contribution in [0.15, 0.2) is 18.2 Å². The molecule has 0 aliphatic heterocycles. The van der Waals surface area contributed by atoms with E-state index in [4.69, 9.17) is 9.47 Å². The van der Waals surface area contributed by atoms with Crippen LogP contribution in [0.25, 0.3) is 0 Å². The van der Waals surface area contributed by atoms with E-state index >= 15 is 0 Å². The first kappa shape index (κ1) is 8.71. The van der Waals surface area contributed by atoms with Crippen LogP contribution in [-0.2, 0) is 0 Å². The monoisotopic (exact) mass is 257 g/mol. The van der Waals surface area contributed by atoms with Crippen molar-refractivity contribution in [3.63, 3.8) is 0 Å². The molecule has 0 N–H and O–H groups in total. The fourth-order valence-corrected chi connectivity index (χ4v) is 1.80. The Hall–Kier alpha value is -0.381. The van der Waals surface area contributed by atoms with Crippen molar-refractivity contribution in [2.45, 2.75) is 0 Å². The summed E-state index contributed by atoms with van der Waals surface area (Å²) in [7, 11) is 3.30. The standard InChI is InChI=1S/C8H9O2.Sn/c1-9-7-5-3-4-6-8(7)10-2;/h3-5H,1-2H3;. The van der Waals surface area contributed by atoms with E-state index in [9.17, 15) is 0 Å². The molecule has 57 valence electrons. The quantitative estimate of drug-likeness (QED) is 0.717. The molecule has 2 nitrogen and oxygen atoms in total. The second-order valence-electron chi connectivity index (χ2n) is 2.04. The fraction of sp³-hybridized carbons (Fsp3) is 0.250. The van der Waals surface area contributed by atoms with Crippen LogP contribution in [0.2, 0.25) is 0 Å². The topological polar surface area (TPSA) is 18.5 Å². The van der Waals surface area contributed by atoms with Gasteiger partial charge in [0.1, 0.15) is 0 Å². The molecule has 3 heteroatoms. The zero-order valence-corrected chi connectivity index (χ0v) is 9.40. The van der Waals surface area contributed by atoms with Gasteiger partial charge in [0.2, 0.25) is 0 Å². The molecule has 0 aromatic heterocycles. The predicted octanol–water partition coefficient (Wildman–Crippen LogP) is 0.498. The molecule has 3 radical (unpaired) electrons. The van der Waals surface area contributed by atoms with Crippen LogP contribution in [0.4, 0.5) is 0 Å². The third-order valence-electron chi connectivity index (χ3n) is 1.40. The second-order valence-corrected chi connectivity index (χ2v) is 3.58. The van der Waals surface area contributed by atoms with Crippen molar-refractivity contribution in [1.82, 2.24) is 0 Å². The average molecular weight is 256 g/mol. The van der Waals surface area contributed by atoms with Gasteiger partial charge in [0.15, 0.2) is 0 Å². The number of para-hydroxylation sites is 1. The summed E-state index contributed by atoms with van der Waals surface area (Å²) in [4.78, 5) is 0. The Labute approximate surface area is 79.6 Å². The molecule has 0 aliphatic carbocycles. The van der Waals surface area contributed by atoms with Gasteiger partial charge in [-0.15, -0.1) is 0 Å². The maximum absolute atomic E-state index is 5.16. The molecule has 0 unspecified atom stereocenters. The van der Waals surface area contributed by atoms with Crippen molar-refractivity contribution >= 4 is 26.1 Å². The molecule has 0 atom stereocenters. The summed E-state index contributed by atoms with van der Waals surface area (Å²) in [6, 6.07) is 5.89. The molecule has 0 aliphatic rings. The van der Waals surface area contributed by atoms with Gasteiger partial charge >= 0.3 is 79.5 Å². The molecule has 0 fully saturated rings. The van der Waals surface area contributed by atoms with E-state index < -0.39 is 0 Å². The van der Waals surface area contributed by atoms with Crippen LogP contribution in [-0.4, -0.2) is 36.7 Å². The van der Waals surface area contributed by atoms with E-state index in [0.717, 1.165) is 11.5 Å². The Morgan fingerprint density at radius 1 is 1.18 bits per heavy atom. The molecule has 0 amide bonds. The summed E-state index contributed by atoms with van der Waals surface area (Å²) in [5.41, 5.74) is 0. The van der Waals surface area contributed by atoms with Crippen LogP contribution in [0, 0.1) is 0 Å². The molecule has 1 aromatic rings. The van der Waals surface area contributed by atoms with Gasteiger partial charge in [0, 0.05) is 0 Å². The van der Waals surface area contributed by atoms with Gasteiger partial charge in [-0.1, -0.05) is 0 Å². The summed E-state index contributed by atoms with van der Waals surface area (Å²) in [6.07, 6.45) is 0. The normalized spacial score (nSPS) is 9.36. The second kappa shape index (κ2) is 3.85. The fourth-order valence-electron chi connectivity index (χ4n) is 0.887. The predicted molar refractivity (Wildman–Crippen MR) is 44.9 cm³/mol. The number of rotatable bonds is 2. The number of ether oxygens (including phenoxy) is 2. The first-order valence-electron chi connectivity index (χ1n) is 3.22. The van der Waals surface area contributed by atoms with Crippen LogP contribution in [0.3, 0.4) is 0 Å². The van der Waals surface area contributed by atoms with Gasteiger partial charge < -0.3 is 0 Å². The Morgan fingerprint density at radius 3 is 2.36 bits per heavy atom. The molecule has 1 aromatic carbocycles. The van der Waals surface area contributed by atoms with E-state index in [1.165, 1.54) is 26.1 Å². The minimum atomic E-state index is 0.807. The van der Waals surface area contributed by atoms with Gasteiger partial charge in [-0.2, -0.15) is 0 Å². The third-order valence-corrected chi connectivity index (χ3v) is 2.53. The third kappa shape index (κ3) is 1.80. The van der Waals surface area contributed by atoms with Crippen molar-refractivity contribution in [3.8, 4) is 11.5 Å². The molecule has 0 bridgehead atoms. The Bertz CT molecular complexity index is 248. The first-order valence-corrected chi connectivity index (χ1v) is 4.65. The van der Waals surface area contributed by atoms with Crippen LogP contribution < -0.4 is 13.1 Å². The molecule has 1 rings (SSSR count). The Morgan fingerprint density at radius 2 is 1.91 bits per heavy atom. The molecule has 0 saturated heterocycles. The summed E-state index contributed by atoms with van der Waals surface area (Å²) in [6.45, 7) is 0. The van der Waals surface area contributed by atoms with Gasteiger partial charge in [-0.05, 0) is 0 Å². The van der Waals surface area contributed by atoms with E-state index in [1.807, 2.05) is 18.2 Å². The van der Waals surface area contributed by atoms with E-state index in [0.29, 0.717) is 0 Å². The number of hydrogen-bond acceptors (Lipinski definition) is 2. The molecule has 0 saturated carbocycles. The van der Waals surface area contributed by atoms with Crippen LogP contribution in [0.5, 0.6) is 11.5 Å². The Kier molecular flexibility index (Phi) is 3.05. The molecule has 0 spiro atoms. The van der Waals surface area contributed by atoms with E-state index in [1.54, 1.807) is 14.2 Å². The zero-order chi connectivity index (χ0) is 8.27. The molecular weight excluding hydrogens is 247 g/mol. The van der Waals surface area contributed by atoms with Crippen LogP contribution >= 0.6 is 0 Å². The van der Waals surface area contributed by atoms with Gasteiger partial charge in [0.05, 0.1) is 0 Å². The van der Waals surface area contributed by atoms with Crippen molar-refractivity contribution < 1.29 is 9.47 Å². The van der Waals surface area contributed by atoms with E-state index in [-0.39, 0.29) is 0 Å². The van der Waals surface area contributed by atoms with Crippen molar-refractivity contribution in [2.24, 2.45) is 0 Å². The SMILES string of the molecule is COc1ccc[c]([Sn])c1OC. The van der Waals surface area contributed by atoms with Gasteiger partial charge in [-0.25, -0.2) is 0 Å². The van der Waals surface area contributed by atoms with Crippen molar-refractivity contribution in [3.05, 3.63) is 18.2 Å². The Balaban J connectivity index is 3.13. The number of benzene rings is 1. The van der Waals surface area contributed by atoms with Crippen molar-refractivity contribution in [2.75, 3.05) is 14.2 Å². The number of methoxy groups -OCH3 is 2. The first-order chi connectivity index (χ1) is 5.29. The molecule has 0 heterocycles. The minimum absolute atomic E-state index is 0.807. The van der Waals surface area contributed by atoms with Crippen molar-refractivity contribution in [1.29, 1.82) is 0 Å². The zero-order valence-electron chi connectivity index (χ0n) is 6.55. The summed E-state index contributed by atoms with van der Waals surface area (Å²) < 4.78 is 11.5. The summed E-state index contributed by atoms with van der Waals surface area (Å²) in [5, 5.41) is 0. The van der Waals surface area contributed by atoms with Crippen LogP contribution in [0.1, 0.15) is 0 Å². The van der Waals surface area contributed by atoms with Gasteiger partial charge in [-0.3, -0.25) is 0 Å². The van der Waals surface area contributed by atoms with Gasteiger partial charge in [0.25, 0.3) is 0 Å². The summed E-state index contributed by atoms with van der Waals surface area (Å²) in [5.74, 6) is 1.66. The maximum atomic E-state index is 5.16.